The molecule has 4 N–H and O–H groups in total. The second-order valence-electron chi connectivity index (χ2n) is 8.37. The average molecular weight is 427 g/mol. The highest BCUT2D eigenvalue weighted by Crippen LogP contribution is 2.44. The molecular formula is C28H26O4. The van der Waals surface area contributed by atoms with Crippen LogP contribution >= 0.6 is 0 Å². The minimum atomic E-state index is -0.457. The normalized spacial score (nSPS) is 11.6. The van der Waals surface area contributed by atoms with Gasteiger partial charge >= 0.3 is 0 Å². The van der Waals surface area contributed by atoms with E-state index in [9.17, 15) is 20.4 Å². The number of phenols is 4. The first kappa shape index (κ1) is 21.3. The van der Waals surface area contributed by atoms with Gasteiger partial charge in [-0.15, -0.1) is 0 Å². The fourth-order valence-corrected chi connectivity index (χ4v) is 4.31. The van der Waals surface area contributed by atoms with Crippen LogP contribution in [0.3, 0.4) is 0 Å². The van der Waals surface area contributed by atoms with E-state index in [2.05, 4.69) is 6.92 Å². The second kappa shape index (κ2) is 8.67. The summed E-state index contributed by atoms with van der Waals surface area (Å²) in [7, 11) is 0. The number of rotatable bonds is 6. The van der Waals surface area contributed by atoms with Crippen molar-refractivity contribution >= 4 is 0 Å². The molecule has 0 fully saturated rings. The van der Waals surface area contributed by atoms with Crippen LogP contribution in [0.15, 0.2) is 97.1 Å². The Morgan fingerprint density at radius 3 is 1.09 bits per heavy atom. The van der Waals surface area contributed by atoms with Gasteiger partial charge in [-0.2, -0.15) is 0 Å². The fourth-order valence-electron chi connectivity index (χ4n) is 4.31. The molecule has 0 bridgehead atoms. The minimum Gasteiger partial charge on any atom is -0.508 e. The lowest BCUT2D eigenvalue weighted by Crippen LogP contribution is -2.27. The first-order chi connectivity index (χ1) is 15.3. The summed E-state index contributed by atoms with van der Waals surface area (Å²) in [4.78, 5) is 0. The zero-order valence-corrected chi connectivity index (χ0v) is 17.8. The standard InChI is InChI=1S/C28H26O4/c1-28(21-6-14-25(31)15-7-21,22-8-16-26(32)17-9-22)18-27(19-2-10-23(29)11-3-19)20-4-12-24(30)13-5-20/h2-17,27,29-32H,18H2,1H3. The number of hydrogen-bond donors (Lipinski definition) is 4. The van der Waals surface area contributed by atoms with E-state index in [0.29, 0.717) is 6.42 Å². The van der Waals surface area contributed by atoms with Crippen LogP contribution in [0, 0.1) is 0 Å². The lowest BCUT2D eigenvalue weighted by atomic mass is 9.68. The van der Waals surface area contributed by atoms with Crippen molar-refractivity contribution in [3.8, 4) is 23.0 Å². The number of benzene rings is 4. The highest BCUT2D eigenvalue weighted by molar-refractivity contribution is 5.45. The SMILES string of the molecule is CC(CC(c1ccc(O)cc1)c1ccc(O)cc1)(c1ccc(O)cc1)c1ccc(O)cc1. The molecule has 0 saturated heterocycles. The zero-order valence-electron chi connectivity index (χ0n) is 17.8. The first-order valence-corrected chi connectivity index (χ1v) is 10.5. The molecule has 0 aliphatic heterocycles. The van der Waals surface area contributed by atoms with Crippen molar-refractivity contribution in [1.29, 1.82) is 0 Å². The fraction of sp³-hybridized carbons (Fsp3) is 0.143. The predicted octanol–water partition coefficient (Wildman–Crippen LogP) is 6.04. The monoisotopic (exact) mass is 426 g/mol. The van der Waals surface area contributed by atoms with Crippen LogP contribution in [0.1, 0.15) is 41.5 Å². The molecule has 32 heavy (non-hydrogen) atoms. The molecule has 0 spiro atoms. The van der Waals surface area contributed by atoms with E-state index >= 15 is 0 Å². The molecule has 0 atom stereocenters. The molecule has 0 heterocycles. The van der Waals surface area contributed by atoms with Crippen LogP contribution in [-0.4, -0.2) is 20.4 Å². The number of phenolic OH excluding ortho intramolecular Hbond substituents is 4. The lowest BCUT2D eigenvalue weighted by molar-refractivity contribution is 0.463. The molecule has 0 saturated carbocycles. The molecule has 0 unspecified atom stereocenters. The Hall–Kier alpha value is -3.92. The predicted molar refractivity (Wildman–Crippen MR) is 125 cm³/mol. The zero-order chi connectivity index (χ0) is 22.7. The largest absolute Gasteiger partial charge is 0.508 e. The molecule has 4 aromatic rings. The Bertz CT molecular complexity index is 1070. The molecule has 4 heteroatoms. The maximum atomic E-state index is 9.84. The van der Waals surface area contributed by atoms with Gasteiger partial charge in [-0.05, 0) is 77.2 Å². The summed E-state index contributed by atoms with van der Waals surface area (Å²) < 4.78 is 0. The second-order valence-corrected chi connectivity index (χ2v) is 8.37. The van der Waals surface area contributed by atoms with Gasteiger partial charge in [-0.1, -0.05) is 55.5 Å². The Kier molecular flexibility index (Phi) is 5.78. The van der Waals surface area contributed by atoms with Gasteiger partial charge < -0.3 is 20.4 Å². The highest BCUT2D eigenvalue weighted by atomic mass is 16.3. The Balaban J connectivity index is 1.85. The van der Waals surface area contributed by atoms with Gasteiger partial charge in [0, 0.05) is 11.3 Å². The van der Waals surface area contributed by atoms with Crippen molar-refractivity contribution in [1.82, 2.24) is 0 Å². The van der Waals surface area contributed by atoms with Crippen LogP contribution in [0.25, 0.3) is 0 Å². The maximum absolute atomic E-state index is 9.84. The van der Waals surface area contributed by atoms with Gasteiger partial charge in [-0.25, -0.2) is 0 Å². The Morgan fingerprint density at radius 2 is 0.781 bits per heavy atom. The summed E-state index contributed by atoms with van der Waals surface area (Å²) in [5, 5.41) is 39.3. The van der Waals surface area contributed by atoms with E-state index in [-0.39, 0.29) is 28.9 Å². The van der Waals surface area contributed by atoms with Crippen molar-refractivity contribution in [2.75, 3.05) is 0 Å². The molecule has 0 aliphatic carbocycles. The third-order valence-electron chi connectivity index (χ3n) is 6.21. The smallest absolute Gasteiger partial charge is 0.115 e. The molecule has 0 radical (unpaired) electrons. The van der Waals surface area contributed by atoms with E-state index < -0.39 is 5.41 Å². The lowest BCUT2D eigenvalue weighted by Gasteiger charge is -2.35. The van der Waals surface area contributed by atoms with Crippen molar-refractivity contribution in [2.45, 2.75) is 24.7 Å². The quantitative estimate of drug-likeness (QED) is 0.303. The molecule has 0 aliphatic rings. The van der Waals surface area contributed by atoms with Gasteiger partial charge in [-0.3, -0.25) is 0 Å². The van der Waals surface area contributed by atoms with Gasteiger partial charge in [0.25, 0.3) is 0 Å². The van der Waals surface area contributed by atoms with Crippen LogP contribution in [0.5, 0.6) is 23.0 Å². The highest BCUT2D eigenvalue weighted by Gasteiger charge is 2.33. The average Bonchev–Trinajstić information content (AvgIpc) is 2.79. The summed E-state index contributed by atoms with van der Waals surface area (Å²) in [5.41, 5.74) is 3.68. The van der Waals surface area contributed by atoms with Gasteiger partial charge in [0.1, 0.15) is 23.0 Å². The topological polar surface area (TPSA) is 80.9 Å². The maximum Gasteiger partial charge on any atom is 0.115 e. The van der Waals surface area contributed by atoms with Crippen LogP contribution in [0.4, 0.5) is 0 Å². The molecule has 0 amide bonds. The summed E-state index contributed by atoms with van der Waals surface area (Å²) in [6, 6.07) is 28.8. The molecule has 162 valence electrons. The third kappa shape index (κ3) is 4.40. The summed E-state index contributed by atoms with van der Waals surface area (Å²) >= 11 is 0. The molecule has 0 aromatic heterocycles. The summed E-state index contributed by atoms with van der Waals surface area (Å²) in [6.45, 7) is 2.15. The third-order valence-corrected chi connectivity index (χ3v) is 6.21. The molecule has 4 nitrogen and oxygen atoms in total. The van der Waals surface area contributed by atoms with Crippen molar-refractivity contribution in [3.63, 3.8) is 0 Å². The van der Waals surface area contributed by atoms with E-state index in [1.165, 1.54) is 0 Å². The van der Waals surface area contributed by atoms with Crippen molar-refractivity contribution in [3.05, 3.63) is 119 Å². The first-order valence-electron chi connectivity index (χ1n) is 10.5. The molecular weight excluding hydrogens is 400 g/mol. The van der Waals surface area contributed by atoms with Crippen molar-refractivity contribution in [2.24, 2.45) is 0 Å². The van der Waals surface area contributed by atoms with E-state index in [0.717, 1.165) is 22.3 Å². The Morgan fingerprint density at radius 1 is 0.500 bits per heavy atom. The molecule has 4 aromatic carbocycles. The van der Waals surface area contributed by atoms with Gasteiger partial charge in [0.15, 0.2) is 0 Å². The van der Waals surface area contributed by atoms with Crippen LogP contribution < -0.4 is 0 Å². The minimum absolute atomic E-state index is 0.0381. The van der Waals surface area contributed by atoms with Crippen LogP contribution in [-0.2, 0) is 5.41 Å². The number of hydrogen-bond acceptors (Lipinski definition) is 4. The van der Waals surface area contributed by atoms with E-state index in [1.54, 1.807) is 48.5 Å². The molecule has 4 rings (SSSR count). The summed E-state index contributed by atoms with van der Waals surface area (Å²) in [6.07, 6.45) is 0.679. The van der Waals surface area contributed by atoms with Gasteiger partial charge in [0.05, 0.1) is 0 Å². The summed E-state index contributed by atoms with van der Waals surface area (Å²) in [5.74, 6) is 0.783. The van der Waals surface area contributed by atoms with Crippen LogP contribution in [0.2, 0.25) is 0 Å². The Labute approximate surface area is 187 Å². The number of aromatic hydroxyl groups is 4. The van der Waals surface area contributed by atoms with E-state index in [4.69, 9.17) is 0 Å². The van der Waals surface area contributed by atoms with Gasteiger partial charge in [0.2, 0.25) is 0 Å². The van der Waals surface area contributed by atoms with Crippen molar-refractivity contribution < 1.29 is 20.4 Å². The van der Waals surface area contributed by atoms with E-state index in [1.807, 2.05) is 48.5 Å².